The summed E-state index contributed by atoms with van der Waals surface area (Å²) < 4.78 is 61.8. The maximum atomic E-state index is 12.9. The molecule has 1 aromatic rings. The molecule has 0 bridgehead atoms. The van der Waals surface area contributed by atoms with E-state index in [2.05, 4.69) is 4.98 Å². The molecular formula is C18H22F3N3O4S. The maximum absolute atomic E-state index is 12.9. The summed E-state index contributed by atoms with van der Waals surface area (Å²) in [7, 11) is -3.15. The minimum absolute atomic E-state index is 0.00635. The Morgan fingerprint density at radius 3 is 2.48 bits per heavy atom. The third-order valence-corrected chi connectivity index (χ3v) is 6.84. The fourth-order valence-electron chi connectivity index (χ4n) is 3.63. The molecule has 0 aliphatic carbocycles. The Morgan fingerprint density at radius 1 is 1.14 bits per heavy atom. The van der Waals surface area contributed by atoms with E-state index >= 15 is 0 Å². The van der Waals surface area contributed by atoms with Crippen LogP contribution in [0, 0.1) is 0 Å². The predicted molar refractivity (Wildman–Crippen MR) is 97.9 cm³/mol. The summed E-state index contributed by atoms with van der Waals surface area (Å²) >= 11 is 0. The van der Waals surface area contributed by atoms with Crippen LogP contribution in [-0.4, -0.2) is 72.2 Å². The fraction of sp³-hybridized carbons (Fsp3) is 0.611. The normalized spacial score (nSPS) is 22.4. The molecule has 2 aliphatic rings. The highest BCUT2D eigenvalue weighted by Crippen LogP contribution is 2.29. The Labute approximate surface area is 166 Å². The average molecular weight is 433 g/mol. The molecule has 2 saturated heterocycles. The molecule has 0 radical (unpaired) electrons. The fourth-order valence-corrected chi connectivity index (χ4v) is 4.83. The van der Waals surface area contributed by atoms with Crippen LogP contribution in [-0.2, 0) is 27.2 Å². The number of rotatable bonds is 3. The Hall–Kier alpha value is -2.17. The van der Waals surface area contributed by atoms with Crippen LogP contribution in [0.5, 0.6) is 0 Å². The molecule has 1 aromatic heterocycles. The van der Waals surface area contributed by atoms with Gasteiger partial charge in [0, 0.05) is 31.5 Å². The third-order valence-electron chi connectivity index (χ3n) is 5.23. The number of Topliss-reactive ketones (excluding diaryl/α,β-unsaturated/α-hetero) is 1. The van der Waals surface area contributed by atoms with Crippen molar-refractivity contribution in [3.05, 3.63) is 29.6 Å². The molecule has 160 valence electrons. The maximum Gasteiger partial charge on any atom is 0.416 e. The molecular weight excluding hydrogens is 411 g/mol. The molecule has 0 aromatic carbocycles. The number of likely N-dealkylation sites (tertiary alicyclic amines) is 1. The van der Waals surface area contributed by atoms with Crippen molar-refractivity contribution < 1.29 is 31.2 Å². The molecule has 0 N–H and O–H groups in total. The summed E-state index contributed by atoms with van der Waals surface area (Å²) in [6.07, 6.45) is -1.94. The summed E-state index contributed by atoms with van der Waals surface area (Å²) in [5.74, 6) is -0.590. The summed E-state index contributed by atoms with van der Waals surface area (Å²) in [4.78, 5) is 32.4. The number of hydrogen-bond donors (Lipinski definition) is 0. The molecule has 0 saturated carbocycles. The van der Waals surface area contributed by atoms with Crippen LogP contribution >= 0.6 is 0 Å². The van der Waals surface area contributed by atoms with Crippen molar-refractivity contribution in [2.45, 2.75) is 37.9 Å². The van der Waals surface area contributed by atoms with Crippen LogP contribution in [0.15, 0.2) is 18.3 Å². The predicted octanol–water partition coefficient (Wildman–Crippen LogP) is 1.92. The summed E-state index contributed by atoms with van der Waals surface area (Å²) in [6.45, 7) is 0.510. The number of sulfone groups is 1. The van der Waals surface area contributed by atoms with E-state index in [0.29, 0.717) is 19.4 Å². The number of carbonyl (C=O) groups excluding carboxylic acids is 2. The Morgan fingerprint density at radius 2 is 1.83 bits per heavy atom. The number of hydrogen-bond acceptors (Lipinski definition) is 5. The Bertz CT molecular complexity index is 875. The highest BCUT2D eigenvalue weighted by molar-refractivity contribution is 7.91. The van der Waals surface area contributed by atoms with Crippen molar-refractivity contribution in [1.82, 2.24) is 14.8 Å². The number of pyridine rings is 1. The largest absolute Gasteiger partial charge is 0.416 e. The summed E-state index contributed by atoms with van der Waals surface area (Å²) in [6, 6.07) is 0.554. The van der Waals surface area contributed by atoms with Crippen molar-refractivity contribution in [3.63, 3.8) is 0 Å². The zero-order chi connectivity index (χ0) is 21.2. The first kappa shape index (κ1) is 21.5. The van der Waals surface area contributed by atoms with Gasteiger partial charge < -0.3 is 9.80 Å². The smallest absolute Gasteiger partial charge is 0.323 e. The van der Waals surface area contributed by atoms with Gasteiger partial charge in [0.25, 0.3) is 0 Å². The Balaban J connectivity index is 1.71. The first-order valence-electron chi connectivity index (χ1n) is 9.38. The van der Waals surface area contributed by atoms with E-state index in [1.54, 1.807) is 0 Å². The van der Waals surface area contributed by atoms with E-state index in [4.69, 9.17) is 0 Å². The van der Waals surface area contributed by atoms with Crippen LogP contribution in [0.1, 0.15) is 30.5 Å². The van der Waals surface area contributed by atoms with Crippen LogP contribution in [0.25, 0.3) is 0 Å². The number of aromatic nitrogens is 1. The van der Waals surface area contributed by atoms with Crippen molar-refractivity contribution in [2.24, 2.45) is 0 Å². The van der Waals surface area contributed by atoms with Crippen molar-refractivity contribution in [2.75, 3.05) is 31.1 Å². The number of nitrogens with zero attached hydrogens (tertiary/aromatic N) is 3. The number of ketones is 1. The number of amides is 2. The monoisotopic (exact) mass is 433 g/mol. The molecule has 3 rings (SSSR count). The van der Waals surface area contributed by atoms with Crippen LogP contribution in [0.3, 0.4) is 0 Å². The molecule has 0 spiro atoms. The van der Waals surface area contributed by atoms with E-state index in [0.717, 1.165) is 24.8 Å². The van der Waals surface area contributed by atoms with Crippen molar-refractivity contribution >= 4 is 21.7 Å². The lowest BCUT2D eigenvalue weighted by atomic mass is 9.96. The van der Waals surface area contributed by atoms with Gasteiger partial charge in [-0.3, -0.25) is 9.78 Å². The van der Waals surface area contributed by atoms with E-state index in [1.165, 1.54) is 9.80 Å². The molecule has 11 heteroatoms. The van der Waals surface area contributed by atoms with Gasteiger partial charge >= 0.3 is 12.2 Å². The molecule has 2 aliphatic heterocycles. The third kappa shape index (κ3) is 5.26. The second-order valence-electron chi connectivity index (χ2n) is 7.30. The zero-order valence-electron chi connectivity index (χ0n) is 15.7. The van der Waals surface area contributed by atoms with Crippen LogP contribution < -0.4 is 0 Å². The lowest BCUT2D eigenvalue weighted by molar-refractivity contribution is -0.137. The zero-order valence-corrected chi connectivity index (χ0v) is 16.5. The number of carbonyl (C=O) groups is 2. The second-order valence-corrected chi connectivity index (χ2v) is 9.61. The van der Waals surface area contributed by atoms with Gasteiger partial charge in [0.15, 0.2) is 15.6 Å². The average Bonchev–Trinajstić information content (AvgIpc) is 2.67. The highest BCUT2D eigenvalue weighted by atomic mass is 32.2. The molecule has 2 amide bonds. The summed E-state index contributed by atoms with van der Waals surface area (Å²) in [5.41, 5.74) is -0.867. The first-order valence-corrected chi connectivity index (χ1v) is 11.2. The van der Waals surface area contributed by atoms with Crippen molar-refractivity contribution in [1.29, 1.82) is 0 Å². The topological polar surface area (TPSA) is 87.7 Å². The summed E-state index contributed by atoms with van der Waals surface area (Å²) in [5, 5.41) is 0. The lowest BCUT2D eigenvalue weighted by Gasteiger charge is -2.39. The van der Waals surface area contributed by atoms with E-state index in [9.17, 15) is 31.2 Å². The van der Waals surface area contributed by atoms with E-state index in [-0.39, 0.29) is 42.5 Å². The van der Waals surface area contributed by atoms with Crippen molar-refractivity contribution in [3.8, 4) is 0 Å². The minimum atomic E-state index is -4.53. The number of halogens is 3. The molecule has 1 atom stereocenters. The Kier molecular flexibility index (Phi) is 6.16. The van der Waals surface area contributed by atoms with Gasteiger partial charge in [-0.25, -0.2) is 13.2 Å². The number of alkyl halides is 3. The SMILES string of the molecule is O=C(Cc1cc(C(F)(F)F)ccn1)[C@@H]1CCCCN1C(=O)N1CCS(=O)(=O)CC1. The minimum Gasteiger partial charge on any atom is -0.323 e. The van der Waals surface area contributed by atoms with Gasteiger partial charge in [0.1, 0.15) is 0 Å². The number of piperidine rings is 1. The first-order chi connectivity index (χ1) is 13.6. The van der Waals surface area contributed by atoms with Gasteiger partial charge in [-0.05, 0) is 31.4 Å². The highest BCUT2D eigenvalue weighted by Gasteiger charge is 2.36. The van der Waals surface area contributed by atoms with Gasteiger partial charge in [0.05, 0.1) is 29.5 Å². The quantitative estimate of drug-likeness (QED) is 0.727. The molecule has 0 unspecified atom stereocenters. The lowest BCUT2D eigenvalue weighted by Crippen LogP contribution is -2.56. The van der Waals surface area contributed by atoms with Crippen LogP contribution in [0.2, 0.25) is 0 Å². The molecule has 7 nitrogen and oxygen atoms in total. The van der Waals surface area contributed by atoms with Gasteiger partial charge in [-0.2, -0.15) is 13.2 Å². The molecule has 3 heterocycles. The van der Waals surface area contributed by atoms with E-state index < -0.39 is 33.6 Å². The van der Waals surface area contributed by atoms with Crippen LogP contribution in [0.4, 0.5) is 18.0 Å². The number of urea groups is 1. The van der Waals surface area contributed by atoms with Gasteiger partial charge in [0.2, 0.25) is 0 Å². The van der Waals surface area contributed by atoms with E-state index in [1.807, 2.05) is 0 Å². The molecule has 29 heavy (non-hydrogen) atoms. The van der Waals surface area contributed by atoms with Gasteiger partial charge in [-0.1, -0.05) is 0 Å². The molecule has 2 fully saturated rings. The van der Waals surface area contributed by atoms with Gasteiger partial charge in [-0.15, -0.1) is 0 Å². The second kappa shape index (κ2) is 8.29. The standard InChI is InChI=1S/C18H22F3N3O4S/c19-18(20,21)13-4-5-22-14(11-13)12-16(25)15-3-1-2-6-24(15)17(26)23-7-9-29(27,28)10-8-23/h4-5,11,15H,1-3,6-10,12H2/t15-/m0/s1.